The molecular formula is C8H16S2. The predicted molar refractivity (Wildman–Crippen MR) is 52.5 cm³/mol. The Labute approximate surface area is 71.9 Å². The molecular weight excluding hydrogens is 160 g/mol. The van der Waals surface area contributed by atoms with Crippen LogP contribution < -0.4 is 0 Å². The highest BCUT2D eigenvalue weighted by Crippen LogP contribution is 2.36. The summed E-state index contributed by atoms with van der Waals surface area (Å²) in [4.78, 5) is 0. The third kappa shape index (κ3) is 3.20. The Morgan fingerprint density at radius 2 is 1.90 bits per heavy atom. The van der Waals surface area contributed by atoms with E-state index in [1.165, 1.54) is 37.2 Å². The SMILES string of the molecule is CCCCCC1CSSC1. The lowest BCUT2D eigenvalue weighted by molar-refractivity contribution is 0.552. The minimum absolute atomic E-state index is 1.04. The molecule has 1 aliphatic heterocycles. The summed E-state index contributed by atoms with van der Waals surface area (Å²) >= 11 is 0. The van der Waals surface area contributed by atoms with Crippen LogP contribution in [-0.2, 0) is 0 Å². The van der Waals surface area contributed by atoms with Gasteiger partial charge in [0.25, 0.3) is 0 Å². The molecule has 1 aliphatic rings. The van der Waals surface area contributed by atoms with Gasteiger partial charge in [0.05, 0.1) is 0 Å². The summed E-state index contributed by atoms with van der Waals surface area (Å²) in [7, 11) is 4.11. The van der Waals surface area contributed by atoms with Gasteiger partial charge in [-0.1, -0.05) is 47.8 Å². The van der Waals surface area contributed by atoms with Gasteiger partial charge in [-0.3, -0.25) is 0 Å². The summed E-state index contributed by atoms with van der Waals surface area (Å²) in [5, 5.41) is 0. The molecule has 0 aromatic carbocycles. The Bertz CT molecular complexity index is 77.3. The Morgan fingerprint density at radius 1 is 1.20 bits per heavy atom. The van der Waals surface area contributed by atoms with Gasteiger partial charge in [0, 0.05) is 11.5 Å². The normalized spacial score (nSPS) is 20.1. The molecule has 1 rings (SSSR count). The van der Waals surface area contributed by atoms with E-state index >= 15 is 0 Å². The Morgan fingerprint density at radius 3 is 2.50 bits per heavy atom. The van der Waals surface area contributed by atoms with Crippen molar-refractivity contribution < 1.29 is 0 Å². The summed E-state index contributed by atoms with van der Waals surface area (Å²) < 4.78 is 0. The van der Waals surface area contributed by atoms with Crippen LogP contribution in [0.2, 0.25) is 0 Å². The molecule has 0 aromatic heterocycles. The first-order valence-electron chi connectivity index (χ1n) is 4.18. The maximum absolute atomic E-state index is 2.28. The lowest BCUT2D eigenvalue weighted by Gasteiger charge is -2.04. The maximum atomic E-state index is 2.28. The molecule has 0 unspecified atom stereocenters. The fourth-order valence-corrected chi connectivity index (χ4v) is 4.21. The first-order valence-corrected chi connectivity index (χ1v) is 6.66. The molecule has 0 saturated carbocycles. The fraction of sp³-hybridized carbons (Fsp3) is 1.00. The number of hydrogen-bond donors (Lipinski definition) is 0. The predicted octanol–water partition coefficient (Wildman–Crippen LogP) is 3.58. The average Bonchev–Trinajstić information content (AvgIpc) is 2.41. The first-order chi connectivity index (χ1) is 4.93. The molecule has 1 heterocycles. The Kier molecular flexibility index (Phi) is 4.72. The molecule has 0 spiro atoms. The van der Waals surface area contributed by atoms with Crippen LogP contribution in [0.5, 0.6) is 0 Å². The molecule has 0 bridgehead atoms. The van der Waals surface area contributed by atoms with Crippen LogP contribution in [0, 0.1) is 5.92 Å². The van der Waals surface area contributed by atoms with Gasteiger partial charge >= 0.3 is 0 Å². The topological polar surface area (TPSA) is 0 Å². The van der Waals surface area contributed by atoms with Gasteiger partial charge in [0.15, 0.2) is 0 Å². The Hall–Kier alpha value is 0.700. The summed E-state index contributed by atoms with van der Waals surface area (Å²) in [5.74, 6) is 3.87. The molecule has 1 fully saturated rings. The van der Waals surface area contributed by atoms with Gasteiger partial charge < -0.3 is 0 Å². The zero-order valence-corrected chi connectivity index (χ0v) is 8.27. The van der Waals surface area contributed by atoms with Gasteiger partial charge in [-0.25, -0.2) is 0 Å². The lowest BCUT2D eigenvalue weighted by atomic mass is 10.1. The third-order valence-corrected chi connectivity index (χ3v) is 4.60. The van der Waals surface area contributed by atoms with E-state index in [2.05, 4.69) is 28.5 Å². The zero-order valence-electron chi connectivity index (χ0n) is 6.64. The zero-order chi connectivity index (χ0) is 7.23. The van der Waals surface area contributed by atoms with Crippen LogP contribution in [0.15, 0.2) is 0 Å². The Balaban J connectivity index is 1.91. The molecule has 0 atom stereocenters. The van der Waals surface area contributed by atoms with Crippen LogP contribution in [0.25, 0.3) is 0 Å². The van der Waals surface area contributed by atoms with E-state index in [0.29, 0.717) is 0 Å². The van der Waals surface area contributed by atoms with Crippen LogP contribution in [0.1, 0.15) is 32.6 Å². The van der Waals surface area contributed by atoms with Crippen LogP contribution in [-0.4, -0.2) is 11.5 Å². The van der Waals surface area contributed by atoms with Crippen LogP contribution in [0.4, 0.5) is 0 Å². The van der Waals surface area contributed by atoms with Crippen LogP contribution >= 0.6 is 21.6 Å². The standard InChI is InChI=1S/C8H16S2/c1-2-3-4-5-8-6-9-10-7-8/h8H,2-7H2,1H3. The van der Waals surface area contributed by atoms with Crippen molar-refractivity contribution in [2.24, 2.45) is 5.92 Å². The van der Waals surface area contributed by atoms with Crippen molar-refractivity contribution in [3.63, 3.8) is 0 Å². The smallest absolute Gasteiger partial charge is 0.00735 e. The van der Waals surface area contributed by atoms with E-state index in [1.54, 1.807) is 0 Å². The van der Waals surface area contributed by atoms with Gasteiger partial charge in [-0.2, -0.15) is 0 Å². The second kappa shape index (κ2) is 5.36. The average molecular weight is 176 g/mol. The maximum Gasteiger partial charge on any atom is 0.00735 e. The number of unbranched alkanes of at least 4 members (excludes halogenated alkanes) is 2. The summed E-state index contributed by atoms with van der Waals surface area (Å²) in [6.45, 7) is 2.28. The number of rotatable bonds is 4. The van der Waals surface area contributed by atoms with Gasteiger partial charge in [-0.15, -0.1) is 0 Å². The van der Waals surface area contributed by atoms with E-state index in [4.69, 9.17) is 0 Å². The molecule has 10 heavy (non-hydrogen) atoms. The van der Waals surface area contributed by atoms with E-state index < -0.39 is 0 Å². The first kappa shape index (κ1) is 8.79. The third-order valence-electron chi connectivity index (χ3n) is 1.91. The van der Waals surface area contributed by atoms with Crippen molar-refractivity contribution in [2.75, 3.05) is 11.5 Å². The van der Waals surface area contributed by atoms with Crippen molar-refractivity contribution in [1.29, 1.82) is 0 Å². The molecule has 0 aliphatic carbocycles. The van der Waals surface area contributed by atoms with Gasteiger partial charge in [0.2, 0.25) is 0 Å². The molecule has 60 valence electrons. The molecule has 1 saturated heterocycles. The molecule has 0 radical (unpaired) electrons. The highest BCUT2D eigenvalue weighted by molar-refractivity contribution is 8.77. The van der Waals surface area contributed by atoms with E-state index in [9.17, 15) is 0 Å². The minimum atomic E-state index is 1.04. The van der Waals surface area contributed by atoms with E-state index in [1.807, 2.05) is 0 Å². The molecule has 2 heteroatoms. The van der Waals surface area contributed by atoms with Crippen molar-refractivity contribution in [2.45, 2.75) is 32.6 Å². The molecule has 0 aromatic rings. The lowest BCUT2D eigenvalue weighted by Crippen LogP contribution is -2.00. The number of hydrogen-bond acceptors (Lipinski definition) is 2. The van der Waals surface area contributed by atoms with Crippen LogP contribution in [0.3, 0.4) is 0 Å². The molecule has 0 amide bonds. The van der Waals surface area contributed by atoms with Gasteiger partial charge in [-0.05, 0) is 12.3 Å². The van der Waals surface area contributed by atoms with Crippen molar-refractivity contribution in [3.05, 3.63) is 0 Å². The van der Waals surface area contributed by atoms with Crippen molar-refractivity contribution in [1.82, 2.24) is 0 Å². The second-order valence-electron chi connectivity index (χ2n) is 2.93. The van der Waals surface area contributed by atoms with Crippen molar-refractivity contribution >= 4 is 21.6 Å². The van der Waals surface area contributed by atoms with E-state index in [-0.39, 0.29) is 0 Å². The monoisotopic (exact) mass is 176 g/mol. The van der Waals surface area contributed by atoms with Gasteiger partial charge in [0.1, 0.15) is 0 Å². The fourth-order valence-electron chi connectivity index (χ4n) is 1.19. The highest BCUT2D eigenvalue weighted by atomic mass is 33.1. The summed E-state index contributed by atoms with van der Waals surface area (Å²) in [5.41, 5.74) is 0. The second-order valence-corrected chi connectivity index (χ2v) is 5.48. The largest absolute Gasteiger partial charge is 0.0938 e. The minimum Gasteiger partial charge on any atom is -0.0938 e. The summed E-state index contributed by atoms with van der Waals surface area (Å²) in [6, 6.07) is 0. The molecule has 0 N–H and O–H groups in total. The van der Waals surface area contributed by atoms with Crippen molar-refractivity contribution in [3.8, 4) is 0 Å². The quantitative estimate of drug-likeness (QED) is 0.474. The van der Waals surface area contributed by atoms with E-state index in [0.717, 1.165) is 5.92 Å². The highest BCUT2D eigenvalue weighted by Gasteiger charge is 2.14. The summed E-state index contributed by atoms with van der Waals surface area (Å²) in [6.07, 6.45) is 5.75. The molecule has 0 nitrogen and oxygen atoms in total.